The molecule has 0 spiro atoms. The molecule has 130 valence electrons. The first-order valence-corrected chi connectivity index (χ1v) is 8.87. The van der Waals surface area contributed by atoms with Crippen LogP contribution < -0.4 is 4.90 Å². The first-order valence-electron chi connectivity index (χ1n) is 8.87. The molecule has 0 radical (unpaired) electrons. The molecule has 0 unspecified atom stereocenters. The monoisotopic (exact) mass is 323 g/mol. The van der Waals surface area contributed by atoms with Crippen LogP contribution in [0.4, 0.5) is 11.4 Å². The quantitative estimate of drug-likeness (QED) is 0.597. The molecule has 0 aliphatic carbocycles. The van der Waals surface area contributed by atoms with Gasteiger partial charge < -0.3 is 4.90 Å². The lowest BCUT2D eigenvalue weighted by Crippen LogP contribution is -2.17. The Bertz CT molecular complexity index is 686. The first kappa shape index (κ1) is 18.6. The van der Waals surface area contributed by atoms with E-state index in [0.29, 0.717) is 0 Å². The molecule has 0 saturated carbocycles. The first-order chi connectivity index (χ1) is 10.9. The number of anilines is 2. The second-order valence-electron chi connectivity index (χ2n) is 9.06. The number of rotatable bonds is 2. The summed E-state index contributed by atoms with van der Waals surface area (Å²) >= 11 is 0. The lowest BCUT2D eigenvalue weighted by molar-refractivity contribution is 0.589. The van der Waals surface area contributed by atoms with Crippen LogP contribution in [0.15, 0.2) is 36.4 Å². The highest BCUT2D eigenvalue weighted by atomic mass is 15.1. The van der Waals surface area contributed by atoms with Crippen LogP contribution >= 0.6 is 0 Å². The van der Waals surface area contributed by atoms with Crippen molar-refractivity contribution in [3.8, 4) is 0 Å². The second kappa shape index (κ2) is 6.27. The highest BCUT2D eigenvalue weighted by Crippen LogP contribution is 2.35. The van der Waals surface area contributed by atoms with Gasteiger partial charge in [0.15, 0.2) is 0 Å². The van der Waals surface area contributed by atoms with Gasteiger partial charge >= 0.3 is 0 Å². The molecule has 1 heteroatoms. The normalized spacial score (nSPS) is 12.4. The minimum absolute atomic E-state index is 0.182. The van der Waals surface area contributed by atoms with Crippen molar-refractivity contribution in [3.05, 3.63) is 58.7 Å². The van der Waals surface area contributed by atoms with Gasteiger partial charge in [0, 0.05) is 18.4 Å². The number of benzene rings is 2. The van der Waals surface area contributed by atoms with Crippen LogP contribution in [0.1, 0.15) is 63.8 Å². The molecule has 0 saturated heterocycles. The maximum absolute atomic E-state index is 2.34. The highest BCUT2D eigenvalue weighted by Gasteiger charge is 2.19. The molecule has 2 rings (SSSR count). The van der Waals surface area contributed by atoms with Gasteiger partial charge in [0.05, 0.1) is 0 Å². The van der Waals surface area contributed by atoms with E-state index < -0.39 is 0 Å². The molecule has 0 heterocycles. The molecule has 2 aromatic carbocycles. The summed E-state index contributed by atoms with van der Waals surface area (Å²) in [6.07, 6.45) is 0. The predicted molar refractivity (Wildman–Crippen MR) is 108 cm³/mol. The van der Waals surface area contributed by atoms with Gasteiger partial charge in [-0.1, -0.05) is 65.8 Å². The molecule has 0 aliphatic rings. The van der Waals surface area contributed by atoms with Gasteiger partial charge in [0.1, 0.15) is 0 Å². The molecular formula is C23H33N. The zero-order valence-electron chi connectivity index (χ0n) is 16.9. The summed E-state index contributed by atoms with van der Waals surface area (Å²) in [4.78, 5) is 2.31. The molecule has 2 aromatic rings. The molecule has 0 amide bonds. The molecule has 1 nitrogen and oxygen atoms in total. The Kier molecular flexibility index (Phi) is 4.86. The topological polar surface area (TPSA) is 3.24 Å². The van der Waals surface area contributed by atoms with Crippen molar-refractivity contribution in [3.63, 3.8) is 0 Å². The fraction of sp³-hybridized carbons (Fsp3) is 0.478. The van der Waals surface area contributed by atoms with Gasteiger partial charge in [-0.15, -0.1) is 0 Å². The minimum atomic E-state index is 0.182. The Morgan fingerprint density at radius 2 is 1.08 bits per heavy atom. The Hall–Kier alpha value is -1.76. The van der Waals surface area contributed by atoms with Crippen LogP contribution in [-0.4, -0.2) is 7.05 Å². The molecule has 0 bridgehead atoms. The molecular weight excluding hydrogens is 290 g/mol. The number of aryl methyl sites for hydroxylation is 2. The van der Waals surface area contributed by atoms with Crippen LogP contribution in [0.3, 0.4) is 0 Å². The summed E-state index contributed by atoms with van der Waals surface area (Å²) in [6, 6.07) is 13.6. The van der Waals surface area contributed by atoms with Crippen molar-refractivity contribution in [2.24, 2.45) is 0 Å². The van der Waals surface area contributed by atoms with E-state index in [1.165, 1.54) is 33.6 Å². The summed E-state index contributed by atoms with van der Waals surface area (Å²) in [7, 11) is 2.16. The van der Waals surface area contributed by atoms with Gasteiger partial charge in [0.25, 0.3) is 0 Å². The molecule has 0 aliphatic heterocycles. The fourth-order valence-electron chi connectivity index (χ4n) is 3.23. The maximum Gasteiger partial charge on any atom is 0.0467 e. The van der Waals surface area contributed by atoms with Crippen LogP contribution in [0.5, 0.6) is 0 Å². The van der Waals surface area contributed by atoms with E-state index >= 15 is 0 Å². The van der Waals surface area contributed by atoms with E-state index in [2.05, 4.69) is 104 Å². The van der Waals surface area contributed by atoms with Crippen LogP contribution in [0.2, 0.25) is 0 Å². The number of nitrogens with zero attached hydrogens (tertiary/aromatic N) is 1. The zero-order valence-corrected chi connectivity index (χ0v) is 16.9. The van der Waals surface area contributed by atoms with Crippen LogP contribution in [0, 0.1) is 13.8 Å². The lowest BCUT2D eigenvalue weighted by Gasteiger charge is -2.28. The zero-order chi connectivity index (χ0) is 18.3. The van der Waals surface area contributed by atoms with Gasteiger partial charge in [-0.3, -0.25) is 0 Å². The van der Waals surface area contributed by atoms with Crippen molar-refractivity contribution < 1.29 is 0 Å². The average molecular weight is 324 g/mol. The van der Waals surface area contributed by atoms with E-state index in [1.807, 2.05) is 0 Å². The second-order valence-corrected chi connectivity index (χ2v) is 9.06. The smallest absolute Gasteiger partial charge is 0.0467 e. The summed E-state index contributed by atoms with van der Waals surface area (Å²) in [6.45, 7) is 18.0. The average Bonchev–Trinajstić information content (AvgIpc) is 2.44. The van der Waals surface area contributed by atoms with E-state index in [4.69, 9.17) is 0 Å². The number of hydrogen-bond acceptors (Lipinski definition) is 1. The summed E-state index contributed by atoms with van der Waals surface area (Å²) < 4.78 is 0. The van der Waals surface area contributed by atoms with E-state index in [-0.39, 0.29) is 10.8 Å². The Morgan fingerprint density at radius 1 is 0.667 bits per heavy atom. The molecule has 0 aromatic heterocycles. The summed E-state index contributed by atoms with van der Waals surface area (Å²) in [5.74, 6) is 0. The van der Waals surface area contributed by atoms with Crippen molar-refractivity contribution in [2.45, 2.75) is 66.2 Å². The third-order valence-electron chi connectivity index (χ3n) is 4.81. The third kappa shape index (κ3) is 3.83. The van der Waals surface area contributed by atoms with Crippen molar-refractivity contribution in [1.82, 2.24) is 0 Å². The SMILES string of the molecule is Cc1cc(C(C)(C)C)cc(C)c1N(C)c1ccc(C(C)(C)C)cc1. The predicted octanol–water partition coefficient (Wildman–Crippen LogP) is 6.67. The van der Waals surface area contributed by atoms with E-state index in [1.54, 1.807) is 0 Å². The largest absolute Gasteiger partial charge is 0.344 e. The van der Waals surface area contributed by atoms with Crippen molar-refractivity contribution >= 4 is 11.4 Å². The Morgan fingerprint density at radius 3 is 1.46 bits per heavy atom. The van der Waals surface area contributed by atoms with E-state index in [0.717, 1.165) is 0 Å². The van der Waals surface area contributed by atoms with Gasteiger partial charge in [-0.25, -0.2) is 0 Å². The Balaban J connectivity index is 2.41. The third-order valence-corrected chi connectivity index (χ3v) is 4.81. The van der Waals surface area contributed by atoms with Gasteiger partial charge in [0.2, 0.25) is 0 Å². The Labute approximate surface area is 148 Å². The lowest BCUT2D eigenvalue weighted by atomic mass is 9.84. The highest BCUT2D eigenvalue weighted by molar-refractivity contribution is 5.70. The molecule has 0 atom stereocenters. The van der Waals surface area contributed by atoms with Gasteiger partial charge in [-0.2, -0.15) is 0 Å². The van der Waals surface area contributed by atoms with E-state index in [9.17, 15) is 0 Å². The minimum Gasteiger partial charge on any atom is -0.344 e. The molecule has 0 N–H and O–H groups in total. The van der Waals surface area contributed by atoms with Crippen molar-refractivity contribution in [2.75, 3.05) is 11.9 Å². The summed E-state index contributed by atoms with van der Waals surface area (Å²) in [5.41, 5.74) is 8.36. The standard InChI is InChI=1S/C23H33N/c1-16-14-19(23(6,7)8)15-17(2)21(16)24(9)20-12-10-18(11-13-20)22(3,4)5/h10-15H,1-9H3. The number of hydrogen-bond donors (Lipinski definition) is 0. The molecule has 24 heavy (non-hydrogen) atoms. The molecule has 0 fully saturated rings. The van der Waals surface area contributed by atoms with Crippen LogP contribution in [0.25, 0.3) is 0 Å². The van der Waals surface area contributed by atoms with Crippen molar-refractivity contribution in [1.29, 1.82) is 0 Å². The fourth-order valence-corrected chi connectivity index (χ4v) is 3.23. The maximum atomic E-state index is 2.34. The van der Waals surface area contributed by atoms with Crippen LogP contribution in [-0.2, 0) is 10.8 Å². The van der Waals surface area contributed by atoms with Gasteiger partial charge in [-0.05, 0) is 59.1 Å². The summed E-state index contributed by atoms with van der Waals surface area (Å²) in [5, 5.41) is 0.